The third kappa shape index (κ3) is 2.99. The van der Waals surface area contributed by atoms with E-state index in [-0.39, 0.29) is 5.82 Å². The van der Waals surface area contributed by atoms with Crippen LogP contribution in [-0.2, 0) is 0 Å². The van der Waals surface area contributed by atoms with Crippen LogP contribution >= 0.6 is 50.1 Å². The maximum atomic E-state index is 6.01. The highest BCUT2D eigenvalue weighted by atomic mass is 127. The number of rotatable bonds is 2. The zero-order valence-electron chi connectivity index (χ0n) is 8.42. The third-order valence-electron chi connectivity index (χ3n) is 2.00. The Hall–Kier alpha value is -0.600. The lowest BCUT2D eigenvalue weighted by Crippen LogP contribution is -2.00. The molecule has 88 valence electrons. The Kier molecular flexibility index (Phi) is 4.05. The van der Waals surface area contributed by atoms with Gasteiger partial charge in [-0.05, 0) is 40.8 Å². The van der Waals surface area contributed by atoms with E-state index in [4.69, 9.17) is 17.3 Å². The van der Waals surface area contributed by atoms with Gasteiger partial charge in [0.15, 0.2) is 5.82 Å². The molecule has 0 saturated carbocycles. The minimum absolute atomic E-state index is 0.258. The van der Waals surface area contributed by atoms with E-state index in [1.165, 1.54) is 6.33 Å². The Balaban J connectivity index is 2.38. The standard InChI is InChI=1S/C10H7BrClIN4/c11-5-1-2-6(13)7(3-5)17-10-8(12)9(14)15-4-16-10/h1-4H,(H3,14,15,16,17). The highest BCUT2D eigenvalue weighted by Gasteiger charge is 2.08. The fraction of sp³-hybridized carbons (Fsp3) is 0. The molecule has 0 fully saturated rings. The first-order chi connectivity index (χ1) is 8.08. The summed E-state index contributed by atoms with van der Waals surface area (Å²) in [4.78, 5) is 7.86. The molecule has 2 aromatic rings. The van der Waals surface area contributed by atoms with Gasteiger partial charge in [0.1, 0.15) is 17.2 Å². The molecule has 0 aliphatic rings. The lowest BCUT2D eigenvalue weighted by Gasteiger charge is -2.10. The maximum Gasteiger partial charge on any atom is 0.154 e. The molecule has 1 aromatic heterocycles. The Morgan fingerprint density at radius 2 is 2.12 bits per heavy atom. The van der Waals surface area contributed by atoms with Gasteiger partial charge < -0.3 is 11.1 Å². The zero-order chi connectivity index (χ0) is 12.4. The van der Waals surface area contributed by atoms with Gasteiger partial charge in [-0.15, -0.1) is 0 Å². The molecule has 0 radical (unpaired) electrons. The van der Waals surface area contributed by atoms with Crippen LogP contribution in [0.4, 0.5) is 17.3 Å². The SMILES string of the molecule is Nc1ncnc(Nc2cc(Br)ccc2I)c1Cl. The summed E-state index contributed by atoms with van der Waals surface area (Å²) in [5.41, 5.74) is 6.51. The molecule has 1 aromatic carbocycles. The van der Waals surface area contributed by atoms with Gasteiger partial charge in [-0.2, -0.15) is 0 Å². The number of hydrogen-bond donors (Lipinski definition) is 2. The van der Waals surface area contributed by atoms with E-state index in [2.05, 4.69) is 53.8 Å². The first kappa shape index (κ1) is 12.8. The number of nitrogens with one attached hydrogen (secondary N) is 1. The Labute approximate surface area is 125 Å². The first-order valence-corrected chi connectivity index (χ1v) is 6.81. The van der Waals surface area contributed by atoms with E-state index < -0.39 is 0 Å². The first-order valence-electron chi connectivity index (χ1n) is 4.56. The van der Waals surface area contributed by atoms with Crippen molar-refractivity contribution in [3.05, 3.63) is 37.6 Å². The van der Waals surface area contributed by atoms with E-state index in [0.29, 0.717) is 10.8 Å². The molecule has 3 N–H and O–H groups in total. The van der Waals surface area contributed by atoms with E-state index >= 15 is 0 Å². The highest BCUT2D eigenvalue weighted by Crippen LogP contribution is 2.30. The van der Waals surface area contributed by atoms with Crippen LogP contribution in [-0.4, -0.2) is 9.97 Å². The molecular weight excluding hydrogens is 418 g/mol. The van der Waals surface area contributed by atoms with Gasteiger partial charge in [0.25, 0.3) is 0 Å². The predicted octanol–water partition coefficient (Wildman–Crippen LogP) is 3.82. The van der Waals surface area contributed by atoms with Crippen molar-refractivity contribution < 1.29 is 0 Å². The summed E-state index contributed by atoms with van der Waals surface area (Å²) in [6.07, 6.45) is 1.37. The smallest absolute Gasteiger partial charge is 0.154 e. The van der Waals surface area contributed by atoms with Crippen molar-refractivity contribution >= 4 is 67.4 Å². The minimum atomic E-state index is 0.258. The van der Waals surface area contributed by atoms with Crippen molar-refractivity contribution in [3.8, 4) is 0 Å². The zero-order valence-corrected chi connectivity index (χ0v) is 12.9. The molecule has 0 spiro atoms. The van der Waals surface area contributed by atoms with E-state index in [9.17, 15) is 0 Å². The van der Waals surface area contributed by atoms with Crippen LogP contribution in [0, 0.1) is 3.57 Å². The maximum absolute atomic E-state index is 6.01. The van der Waals surface area contributed by atoms with Crippen molar-refractivity contribution in [2.24, 2.45) is 0 Å². The van der Waals surface area contributed by atoms with Gasteiger partial charge in [0, 0.05) is 8.04 Å². The number of hydrogen-bond acceptors (Lipinski definition) is 4. The van der Waals surface area contributed by atoms with Crippen LogP contribution in [0.5, 0.6) is 0 Å². The number of halogens is 3. The molecule has 0 aliphatic heterocycles. The van der Waals surface area contributed by atoms with Gasteiger partial charge in [-0.3, -0.25) is 0 Å². The monoisotopic (exact) mass is 424 g/mol. The van der Waals surface area contributed by atoms with E-state index in [0.717, 1.165) is 13.7 Å². The lowest BCUT2D eigenvalue weighted by molar-refractivity contribution is 1.17. The Morgan fingerprint density at radius 1 is 1.35 bits per heavy atom. The van der Waals surface area contributed by atoms with Gasteiger partial charge in [0.05, 0.1) is 5.69 Å². The topological polar surface area (TPSA) is 63.8 Å². The quantitative estimate of drug-likeness (QED) is 0.718. The molecule has 0 atom stereocenters. The van der Waals surface area contributed by atoms with Gasteiger partial charge in [-0.25, -0.2) is 9.97 Å². The number of aromatic nitrogens is 2. The molecule has 4 nitrogen and oxygen atoms in total. The summed E-state index contributed by atoms with van der Waals surface area (Å²) < 4.78 is 2.03. The minimum Gasteiger partial charge on any atom is -0.382 e. The molecule has 17 heavy (non-hydrogen) atoms. The number of benzene rings is 1. The fourth-order valence-corrected chi connectivity index (χ4v) is 2.17. The van der Waals surface area contributed by atoms with E-state index in [1.54, 1.807) is 0 Å². The van der Waals surface area contributed by atoms with Gasteiger partial charge in [-0.1, -0.05) is 27.5 Å². The molecule has 1 heterocycles. The second-order valence-electron chi connectivity index (χ2n) is 3.17. The number of nitrogens with two attached hydrogens (primary N) is 1. The summed E-state index contributed by atoms with van der Waals surface area (Å²) in [6.45, 7) is 0. The summed E-state index contributed by atoms with van der Waals surface area (Å²) in [5, 5.41) is 3.44. The summed E-state index contributed by atoms with van der Waals surface area (Å²) in [5.74, 6) is 0.754. The van der Waals surface area contributed by atoms with Crippen molar-refractivity contribution in [2.75, 3.05) is 11.1 Å². The average molecular weight is 425 g/mol. The Morgan fingerprint density at radius 3 is 2.88 bits per heavy atom. The number of anilines is 3. The van der Waals surface area contributed by atoms with Crippen LogP contribution in [0.2, 0.25) is 5.02 Å². The Bertz CT molecular complexity index is 564. The van der Waals surface area contributed by atoms with E-state index in [1.807, 2.05) is 18.2 Å². The molecule has 0 saturated heterocycles. The fourth-order valence-electron chi connectivity index (χ4n) is 1.19. The highest BCUT2D eigenvalue weighted by molar-refractivity contribution is 14.1. The largest absolute Gasteiger partial charge is 0.382 e. The van der Waals surface area contributed by atoms with Crippen LogP contribution in [0.25, 0.3) is 0 Å². The molecule has 0 unspecified atom stereocenters. The normalized spacial score (nSPS) is 10.3. The molecular formula is C10H7BrClIN4. The van der Waals surface area contributed by atoms with Gasteiger partial charge in [0.2, 0.25) is 0 Å². The third-order valence-corrected chi connectivity index (χ3v) is 3.80. The van der Waals surface area contributed by atoms with Crippen LogP contribution < -0.4 is 11.1 Å². The second-order valence-corrected chi connectivity index (χ2v) is 5.63. The molecule has 0 bridgehead atoms. The van der Waals surface area contributed by atoms with Crippen molar-refractivity contribution in [1.82, 2.24) is 9.97 Å². The van der Waals surface area contributed by atoms with Crippen molar-refractivity contribution in [1.29, 1.82) is 0 Å². The van der Waals surface area contributed by atoms with Crippen molar-refractivity contribution in [2.45, 2.75) is 0 Å². The summed E-state index contributed by atoms with van der Waals surface area (Å²) in [7, 11) is 0. The van der Waals surface area contributed by atoms with Gasteiger partial charge >= 0.3 is 0 Å². The molecule has 0 aliphatic carbocycles. The molecule has 0 amide bonds. The number of nitrogen functional groups attached to an aromatic ring is 1. The molecule has 2 rings (SSSR count). The average Bonchev–Trinajstić information content (AvgIpc) is 2.30. The predicted molar refractivity (Wildman–Crippen MR) is 81.6 cm³/mol. The van der Waals surface area contributed by atoms with Crippen LogP contribution in [0.15, 0.2) is 29.0 Å². The summed E-state index contributed by atoms with van der Waals surface area (Å²) >= 11 is 11.6. The molecule has 7 heteroatoms. The van der Waals surface area contributed by atoms with Crippen LogP contribution in [0.3, 0.4) is 0 Å². The van der Waals surface area contributed by atoms with Crippen LogP contribution in [0.1, 0.15) is 0 Å². The lowest BCUT2D eigenvalue weighted by atomic mass is 10.3. The number of nitrogens with zero attached hydrogens (tertiary/aromatic N) is 2. The second kappa shape index (κ2) is 5.36. The summed E-state index contributed by atoms with van der Waals surface area (Å²) in [6, 6.07) is 5.88. The van der Waals surface area contributed by atoms with Crippen molar-refractivity contribution in [3.63, 3.8) is 0 Å².